The lowest BCUT2D eigenvalue weighted by atomic mass is 9.41. The van der Waals surface area contributed by atoms with E-state index in [2.05, 4.69) is 48.5 Å². The zero-order chi connectivity index (χ0) is 30.4. The number of esters is 1. The molecule has 0 aliphatic heterocycles. The van der Waals surface area contributed by atoms with Gasteiger partial charge in [-0.2, -0.15) is 0 Å². The summed E-state index contributed by atoms with van der Waals surface area (Å²) in [6.07, 6.45) is 17.4. The molecule has 0 aromatic heterocycles. The number of carbonyl (C=O) groups excluding carboxylic acids is 1. The normalized spacial score (nSPS) is 38.5. The molecule has 4 saturated carbocycles. The highest BCUT2D eigenvalue weighted by atomic mass is 16.5. The Balaban J connectivity index is 1.28. The van der Waals surface area contributed by atoms with E-state index in [1.165, 1.54) is 77.0 Å². The second kappa shape index (κ2) is 12.0. The maximum atomic E-state index is 13.2. The quantitative estimate of drug-likeness (QED) is 0.226. The van der Waals surface area contributed by atoms with Crippen LogP contribution in [-0.4, -0.2) is 12.1 Å². The minimum Gasteiger partial charge on any atom is -0.458 e. The van der Waals surface area contributed by atoms with Gasteiger partial charge in [0.25, 0.3) is 0 Å². The molecule has 4 nitrogen and oxygen atoms in total. The third-order valence-corrected chi connectivity index (χ3v) is 14.1. The monoisotopic (exact) mass is 578 g/mol. The molecule has 0 amide bonds. The van der Waals surface area contributed by atoms with Crippen molar-refractivity contribution in [1.82, 2.24) is 0 Å². The average molecular weight is 579 g/mol. The molecule has 0 radical (unpaired) electrons. The summed E-state index contributed by atoms with van der Waals surface area (Å²) in [6, 6.07) is 5.06. The van der Waals surface area contributed by atoms with Crippen molar-refractivity contribution in [3.63, 3.8) is 0 Å². The Kier molecular flexibility index (Phi) is 9.06. The van der Waals surface area contributed by atoms with Gasteiger partial charge in [0.15, 0.2) is 0 Å². The summed E-state index contributed by atoms with van der Waals surface area (Å²) in [6.45, 7) is 17.4. The molecule has 10 unspecified atom stereocenters. The number of benzene rings is 1. The highest BCUT2D eigenvalue weighted by Gasteiger charge is 2.64. The zero-order valence-corrected chi connectivity index (χ0v) is 28.0. The van der Waals surface area contributed by atoms with Crippen LogP contribution < -0.4 is 11.5 Å². The molecule has 10 atom stereocenters. The fraction of sp³-hybridized carbons (Fsp3) is 0.816. The maximum absolute atomic E-state index is 13.2. The number of ether oxygens (including phenoxy) is 1. The van der Waals surface area contributed by atoms with Crippen LogP contribution in [0.15, 0.2) is 18.2 Å². The van der Waals surface area contributed by atoms with Crippen LogP contribution in [0, 0.1) is 57.7 Å². The molecule has 1 aromatic carbocycles. The largest absolute Gasteiger partial charge is 0.458 e. The lowest BCUT2D eigenvalue weighted by Gasteiger charge is -2.65. The van der Waals surface area contributed by atoms with Gasteiger partial charge >= 0.3 is 5.97 Å². The fourth-order valence-electron chi connectivity index (χ4n) is 11.7. The second-order valence-corrected chi connectivity index (χ2v) is 16.5. The zero-order valence-electron chi connectivity index (χ0n) is 28.0. The van der Waals surface area contributed by atoms with Crippen LogP contribution in [0.25, 0.3) is 0 Å². The van der Waals surface area contributed by atoms with Gasteiger partial charge in [-0.05, 0) is 122 Å². The van der Waals surface area contributed by atoms with Crippen molar-refractivity contribution in [2.45, 2.75) is 138 Å². The Morgan fingerprint density at radius 2 is 1.52 bits per heavy atom. The summed E-state index contributed by atoms with van der Waals surface area (Å²) >= 11 is 0. The fourth-order valence-corrected chi connectivity index (χ4v) is 11.7. The average Bonchev–Trinajstić information content (AvgIpc) is 3.29. The SMILES string of the molecule is CCC(C)CCCC(CC)C1CCC2C3CCC4C(C)(C)C(OC(=O)c5cc(N)cc(N)c5)CCC4(C)C3CCC12C. The van der Waals surface area contributed by atoms with Crippen molar-refractivity contribution in [3.05, 3.63) is 23.8 Å². The van der Waals surface area contributed by atoms with Gasteiger partial charge in [-0.25, -0.2) is 4.79 Å². The third-order valence-electron chi connectivity index (χ3n) is 14.1. The highest BCUT2D eigenvalue weighted by Crippen LogP contribution is 2.70. The van der Waals surface area contributed by atoms with Gasteiger partial charge in [0.05, 0.1) is 5.56 Å². The maximum Gasteiger partial charge on any atom is 0.338 e. The molecule has 0 heterocycles. The van der Waals surface area contributed by atoms with E-state index in [0.29, 0.717) is 33.7 Å². The summed E-state index contributed by atoms with van der Waals surface area (Å²) < 4.78 is 6.27. The van der Waals surface area contributed by atoms with Crippen LogP contribution in [-0.2, 0) is 4.74 Å². The third kappa shape index (κ3) is 5.51. The first kappa shape index (κ1) is 31.7. The van der Waals surface area contributed by atoms with Gasteiger partial charge in [-0.3, -0.25) is 0 Å². The number of nitrogens with two attached hydrogens (primary N) is 2. The highest BCUT2D eigenvalue weighted by molar-refractivity contribution is 5.91. The van der Waals surface area contributed by atoms with Gasteiger partial charge < -0.3 is 16.2 Å². The number of nitrogen functional groups attached to an aromatic ring is 2. The molecular formula is C38H62N2O2. The standard InChI is InChI=1S/C38H62N2O2/c1-8-24(3)11-10-12-25(9-2)30-14-15-31-29-13-16-33-36(4,5)34(42-35(41)26-21-27(39)23-28(40)22-26)18-20-38(33,7)32(29)17-19-37(30,31)6/h21-25,29-34H,8-20,39-40H2,1-7H3. The lowest BCUT2D eigenvalue weighted by Crippen LogP contribution is -2.59. The van der Waals surface area contributed by atoms with Gasteiger partial charge in [-0.1, -0.05) is 80.6 Å². The van der Waals surface area contributed by atoms with Crippen LogP contribution >= 0.6 is 0 Å². The topological polar surface area (TPSA) is 78.3 Å². The molecule has 0 spiro atoms. The Bertz CT molecular complexity index is 1090. The second-order valence-electron chi connectivity index (χ2n) is 16.5. The molecule has 1 aromatic rings. The molecule has 5 rings (SSSR count). The van der Waals surface area contributed by atoms with Crippen molar-refractivity contribution in [1.29, 1.82) is 0 Å². The summed E-state index contributed by atoms with van der Waals surface area (Å²) in [5.41, 5.74) is 14.2. The molecule has 0 bridgehead atoms. The Hall–Kier alpha value is -1.71. The van der Waals surface area contributed by atoms with Crippen LogP contribution in [0.3, 0.4) is 0 Å². The molecule has 4 N–H and O–H groups in total. The Morgan fingerprint density at radius 1 is 0.857 bits per heavy atom. The first-order chi connectivity index (χ1) is 19.8. The van der Waals surface area contributed by atoms with E-state index in [-0.39, 0.29) is 17.5 Å². The molecule has 4 fully saturated rings. The van der Waals surface area contributed by atoms with E-state index in [1.807, 2.05) is 0 Å². The predicted molar refractivity (Wildman–Crippen MR) is 176 cm³/mol. The lowest BCUT2D eigenvalue weighted by molar-refractivity contribution is -0.180. The van der Waals surface area contributed by atoms with E-state index in [1.54, 1.807) is 18.2 Å². The Morgan fingerprint density at radius 3 is 2.19 bits per heavy atom. The van der Waals surface area contributed by atoms with Crippen molar-refractivity contribution in [2.24, 2.45) is 57.7 Å². The smallest absolute Gasteiger partial charge is 0.338 e. The van der Waals surface area contributed by atoms with Crippen LogP contribution in [0.1, 0.15) is 142 Å². The molecule has 236 valence electrons. The van der Waals surface area contributed by atoms with E-state index in [9.17, 15) is 4.79 Å². The van der Waals surface area contributed by atoms with Crippen molar-refractivity contribution < 1.29 is 9.53 Å². The number of hydrogen-bond donors (Lipinski definition) is 2. The van der Waals surface area contributed by atoms with E-state index in [0.717, 1.165) is 41.9 Å². The minimum absolute atomic E-state index is 0.0542. The summed E-state index contributed by atoms with van der Waals surface area (Å²) in [7, 11) is 0. The van der Waals surface area contributed by atoms with Crippen LogP contribution in [0.5, 0.6) is 0 Å². The number of fused-ring (bicyclic) bond motifs is 5. The summed E-state index contributed by atoms with van der Waals surface area (Å²) in [5.74, 6) is 5.57. The summed E-state index contributed by atoms with van der Waals surface area (Å²) in [4.78, 5) is 13.2. The number of hydrogen-bond acceptors (Lipinski definition) is 4. The van der Waals surface area contributed by atoms with Crippen molar-refractivity contribution in [3.8, 4) is 0 Å². The predicted octanol–water partition coefficient (Wildman–Crippen LogP) is 9.91. The number of rotatable bonds is 9. The van der Waals surface area contributed by atoms with Crippen LogP contribution in [0.2, 0.25) is 0 Å². The van der Waals surface area contributed by atoms with E-state index < -0.39 is 0 Å². The number of carbonyl (C=O) groups is 1. The minimum atomic E-state index is -0.288. The van der Waals surface area contributed by atoms with Gasteiger partial charge in [0.2, 0.25) is 0 Å². The van der Waals surface area contributed by atoms with Crippen LogP contribution in [0.4, 0.5) is 11.4 Å². The first-order valence-electron chi connectivity index (χ1n) is 17.7. The number of anilines is 2. The van der Waals surface area contributed by atoms with Crippen molar-refractivity contribution in [2.75, 3.05) is 11.5 Å². The summed E-state index contributed by atoms with van der Waals surface area (Å²) in [5, 5.41) is 0. The molecular weight excluding hydrogens is 516 g/mol. The molecule has 0 saturated heterocycles. The Labute approximate surface area is 257 Å². The van der Waals surface area contributed by atoms with Crippen molar-refractivity contribution >= 4 is 17.3 Å². The van der Waals surface area contributed by atoms with Gasteiger partial charge in [-0.15, -0.1) is 0 Å². The molecule has 4 aliphatic carbocycles. The molecule has 4 aliphatic rings. The molecule has 42 heavy (non-hydrogen) atoms. The van der Waals surface area contributed by atoms with Gasteiger partial charge in [0.1, 0.15) is 6.10 Å². The first-order valence-corrected chi connectivity index (χ1v) is 17.7. The van der Waals surface area contributed by atoms with E-state index in [4.69, 9.17) is 16.2 Å². The molecule has 4 heteroatoms. The van der Waals surface area contributed by atoms with E-state index >= 15 is 0 Å². The van der Waals surface area contributed by atoms with Gasteiger partial charge in [0, 0.05) is 16.8 Å².